The zero-order chi connectivity index (χ0) is 12.0. The number of hydrogen-bond donors (Lipinski definition) is 3. The topological polar surface area (TPSA) is 60.7 Å². The summed E-state index contributed by atoms with van der Waals surface area (Å²) >= 11 is 0. The second-order valence-corrected chi connectivity index (χ2v) is 3.97. The molecule has 3 heteroatoms. The van der Waals surface area contributed by atoms with Crippen molar-refractivity contribution >= 4 is 21.5 Å². The van der Waals surface area contributed by atoms with E-state index in [-0.39, 0.29) is 17.2 Å². The molecule has 0 radical (unpaired) electrons. The van der Waals surface area contributed by atoms with Gasteiger partial charge in [0, 0.05) is 21.5 Å². The predicted octanol–water partition coefficient (Wildman–Crippen LogP) is 3.11. The lowest BCUT2D eigenvalue weighted by Crippen LogP contribution is -1.80. The highest BCUT2D eigenvalue weighted by Gasteiger charge is 2.10. The Morgan fingerprint density at radius 1 is 0.588 bits per heavy atom. The van der Waals surface area contributed by atoms with Crippen LogP contribution in [0.15, 0.2) is 42.5 Å². The molecule has 0 atom stereocenters. The van der Waals surface area contributed by atoms with E-state index >= 15 is 0 Å². The lowest BCUT2D eigenvalue weighted by molar-refractivity contribution is 0.475. The molecule has 0 saturated carbocycles. The first kappa shape index (κ1) is 9.78. The van der Waals surface area contributed by atoms with Gasteiger partial charge in [-0.25, -0.2) is 0 Å². The van der Waals surface area contributed by atoms with E-state index in [4.69, 9.17) is 0 Å². The van der Waals surface area contributed by atoms with Crippen LogP contribution in [0.2, 0.25) is 0 Å². The zero-order valence-corrected chi connectivity index (χ0v) is 8.88. The minimum atomic E-state index is 0.0734. The van der Waals surface area contributed by atoms with Crippen LogP contribution in [0.5, 0.6) is 17.2 Å². The van der Waals surface area contributed by atoms with Gasteiger partial charge in [0.25, 0.3) is 0 Å². The third-order valence-electron chi connectivity index (χ3n) is 2.97. The van der Waals surface area contributed by atoms with E-state index in [2.05, 4.69) is 0 Å². The molecule has 0 aromatic heterocycles. The van der Waals surface area contributed by atoms with Crippen LogP contribution in [-0.4, -0.2) is 15.3 Å². The van der Waals surface area contributed by atoms with Crippen LogP contribution in [-0.2, 0) is 0 Å². The highest BCUT2D eigenvalue weighted by molar-refractivity contribution is 6.08. The number of benzene rings is 3. The highest BCUT2D eigenvalue weighted by atomic mass is 16.3. The second-order valence-electron chi connectivity index (χ2n) is 3.97. The first-order chi connectivity index (χ1) is 8.18. The van der Waals surface area contributed by atoms with Crippen molar-refractivity contribution in [3.63, 3.8) is 0 Å². The number of rotatable bonds is 0. The van der Waals surface area contributed by atoms with E-state index in [0.717, 1.165) is 0 Å². The third kappa shape index (κ3) is 1.29. The van der Waals surface area contributed by atoms with E-state index in [9.17, 15) is 15.3 Å². The van der Waals surface area contributed by atoms with E-state index in [0.29, 0.717) is 21.5 Å². The molecule has 0 unspecified atom stereocenters. The van der Waals surface area contributed by atoms with Gasteiger partial charge in [0.15, 0.2) is 0 Å². The Kier molecular flexibility index (Phi) is 1.89. The summed E-state index contributed by atoms with van der Waals surface area (Å²) in [6, 6.07) is 11.6. The van der Waals surface area contributed by atoms with Crippen LogP contribution in [0, 0.1) is 0 Å². The Morgan fingerprint density at radius 3 is 1.53 bits per heavy atom. The number of aromatic hydroxyl groups is 3. The van der Waals surface area contributed by atoms with Crippen LogP contribution < -0.4 is 0 Å². The van der Waals surface area contributed by atoms with E-state index in [1.807, 2.05) is 0 Å². The first-order valence-electron chi connectivity index (χ1n) is 5.24. The molecule has 3 aromatic carbocycles. The molecule has 0 bridgehead atoms. The zero-order valence-electron chi connectivity index (χ0n) is 8.88. The molecular weight excluding hydrogens is 216 g/mol. The molecule has 0 spiro atoms. The number of phenolic OH excluding ortho intramolecular Hbond substituents is 3. The van der Waals surface area contributed by atoms with Crippen molar-refractivity contribution < 1.29 is 15.3 Å². The van der Waals surface area contributed by atoms with Crippen LogP contribution >= 0.6 is 0 Å². The molecule has 0 aliphatic carbocycles. The summed E-state index contributed by atoms with van der Waals surface area (Å²) < 4.78 is 0. The van der Waals surface area contributed by atoms with Crippen molar-refractivity contribution in [2.75, 3.05) is 0 Å². The molecule has 0 amide bonds. The van der Waals surface area contributed by atoms with Crippen molar-refractivity contribution in [2.45, 2.75) is 0 Å². The Morgan fingerprint density at radius 2 is 1.06 bits per heavy atom. The maximum atomic E-state index is 10.1. The number of fused-ring (bicyclic) bond motifs is 2. The fourth-order valence-corrected chi connectivity index (χ4v) is 2.11. The van der Waals surface area contributed by atoms with Gasteiger partial charge < -0.3 is 15.3 Å². The third-order valence-corrected chi connectivity index (χ3v) is 2.97. The van der Waals surface area contributed by atoms with Crippen molar-refractivity contribution in [3.05, 3.63) is 42.5 Å². The Labute approximate surface area is 97.2 Å². The van der Waals surface area contributed by atoms with Crippen LogP contribution in [0.1, 0.15) is 0 Å². The van der Waals surface area contributed by atoms with Crippen molar-refractivity contribution in [2.24, 2.45) is 0 Å². The van der Waals surface area contributed by atoms with Crippen molar-refractivity contribution in [3.8, 4) is 17.2 Å². The quantitative estimate of drug-likeness (QED) is 0.516. The summed E-state index contributed by atoms with van der Waals surface area (Å²) in [4.78, 5) is 0. The fraction of sp³-hybridized carbons (Fsp3) is 0. The molecule has 3 rings (SSSR count). The van der Waals surface area contributed by atoms with E-state index in [1.54, 1.807) is 42.5 Å². The summed E-state index contributed by atoms with van der Waals surface area (Å²) in [7, 11) is 0. The predicted molar refractivity (Wildman–Crippen MR) is 66.4 cm³/mol. The Bertz CT molecular complexity index is 672. The van der Waals surface area contributed by atoms with E-state index in [1.165, 1.54) is 0 Å². The van der Waals surface area contributed by atoms with Gasteiger partial charge in [0.05, 0.1) is 0 Å². The summed E-state index contributed by atoms with van der Waals surface area (Å²) in [6.45, 7) is 0. The van der Waals surface area contributed by atoms with Crippen molar-refractivity contribution in [1.82, 2.24) is 0 Å². The second kappa shape index (κ2) is 3.28. The van der Waals surface area contributed by atoms with Crippen LogP contribution in [0.4, 0.5) is 0 Å². The Balaban J connectivity index is 2.62. The largest absolute Gasteiger partial charge is 0.507 e. The van der Waals surface area contributed by atoms with Gasteiger partial charge in [-0.15, -0.1) is 0 Å². The van der Waals surface area contributed by atoms with Gasteiger partial charge >= 0.3 is 0 Å². The number of hydrogen-bond acceptors (Lipinski definition) is 3. The van der Waals surface area contributed by atoms with Gasteiger partial charge in [-0.1, -0.05) is 24.3 Å². The minimum absolute atomic E-state index is 0.0734. The summed E-state index contributed by atoms with van der Waals surface area (Å²) in [5.41, 5.74) is 0. The molecule has 0 aliphatic heterocycles. The smallest absolute Gasteiger partial charge is 0.131 e. The molecule has 3 N–H and O–H groups in total. The minimum Gasteiger partial charge on any atom is -0.507 e. The average Bonchev–Trinajstić information content (AvgIpc) is 2.32. The van der Waals surface area contributed by atoms with Gasteiger partial charge in [-0.05, 0) is 18.2 Å². The van der Waals surface area contributed by atoms with E-state index < -0.39 is 0 Å². The molecule has 0 fully saturated rings. The molecule has 0 heterocycles. The summed E-state index contributed by atoms with van der Waals surface area (Å²) in [5, 5.41) is 31.8. The standard InChI is InChI=1S/C14H10O3/c15-12-5-1-3-8-10(12)7-11-9(14(8)17)4-2-6-13(11)16/h1-7,15-17H. The Hall–Kier alpha value is -2.42. The maximum absolute atomic E-state index is 10.1. The van der Waals surface area contributed by atoms with Crippen molar-refractivity contribution in [1.29, 1.82) is 0 Å². The lowest BCUT2D eigenvalue weighted by atomic mass is 10.0. The molecule has 17 heavy (non-hydrogen) atoms. The normalized spacial score (nSPS) is 11.1. The lowest BCUT2D eigenvalue weighted by Gasteiger charge is -2.08. The molecular formula is C14H10O3. The SMILES string of the molecule is Oc1cccc2c(O)c3cccc(O)c3cc12. The van der Waals surface area contributed by atoms with Crippen LogP contribution in [0.3, 0.4) is 0 Å². The average molecular weight is 226 g/mol. The fourth-order valence-electron chi connectivity index (χ4n) is 2.11. The van der Waals surface area contributed by atoms with Gasteiger partial charge in [-0.3, -0.25) is 0 Å². The summed E-state index contributed by atoms with van der Waals surface area (Å²) in [6.07, 6.45) is 0. The molecule has 84 valence electrons. The first-order valence-corrected chi connectivity index (χ1v) is 5.24. The summed E-state index contributed by atoms with van der Waals surface area (Å²) in [5.74, 6) is 0.246. The molecule has 3 aromatic rings. The van der Waals surface area contributed by atoms with Gasteiger partial charge in [0.2, 0.25) is 0 Å². The molecule has 0 aliphatic rings. The molecule has 3 nitrogen and oxygen atoms in total. The van der Waals surface area contributed by atoms with Crippen LogP contribution in [0.25, 0.3) is 21.5 Å². The van der Waals surface area contributed by atoms with Gasteiger partial charge in [-0.2, -0.15) is 0 Å². The van der Waals surface area contributed by atoms with Gasteiger partial charge in [0.1, 0.15) is 17.2 Å². The monoisotopic (exact) mass is 226 g/mol. The maximum Gasteiger partial charge on any atom is 0.131 e. The highest BCUT2D eigenvalue weighted by Crippen LogP contribution is 2.40. The molecule has 0 saturated heterocycles. The number of phenols is 3.